The number of fused-ring (bicyclic) bond motifs is 6. The average Bonchev–Trinajstić information content (AvgIpc) is 3.06. The molecule has 0 N–H and O–H groups in total. The van der Waals surface area contributed by atoms with Gasteiger partial charge in [0.15, 0.2) is 0 Å². The first kappa shape index (κ1) is 21.4. The zero-order valence-corrected chi connectivity index (χ0v) is 21.3. The normalized spacial score (nSPS) is 24.9. The van der Waals surface area contributed by atoms with Crippen LogP contribution in [0.4, 0.5) is 0 Å². The number of rotatable bonds is 2. The zero-order chi connectivity index (χ0) is 21.4. The van der Waals surface area contributed by atoms with Crippen molar-refractivity contribution in [2.24, 2.45) is 5.41 Å². The molecule has 4 aromatic rings. The SMILES string of the molecule is CC12CCC(C)(c3nc(-c4cc[c-]c(-c5nccc6ccccc56)c4)ncc31)C2(C)C.[Ir]. The molecule has 0 saturated heterocycles. The van der Waals surface area contributed by atoms with Crippen LogP contribution in [0.15, 0.2) is 60.9 Å². The molecule has 2 aliphatic carbocycles. The van der Waals surface area contributed by atoms with Crippen molar-refractivity contribution in [2.45, 2.75) is 51.4 Å². The third kappa shape index (κ3) is 2.60. The van der Waals surface area contributed by atoms with Crippen molar-refractivity contribution in [3.8, 4) is 22.6 Å². The van der Waals surface area contributed by atoms with Gasteiger partial charge in [-0.15, -0.1) is 29.8 Å². The Labute approximate surface area is 203 Å². The number of hydrogen-bond acceptors (Lipinski definition) is 3. The summed E-state index contributed by atoms with van der Waals surface area (Å²) in [6.07, 6.45) is 6.36. The van der Waals surface area contributed by atoms with Crippen molar-refractivity contribution in [3.05, 3.63) is 78.2 Å². The minimum atomic E-state index is 0. The molecular formula is C28H26IrN3-. The van der Waals surface area contributed by atoms with Crippen LogP contribution in [0.2, 0.25) is 0 Å². The van der Waals surface area contributed by atoms with Gasteiger partial charge in [-0.1, -0.05) is 57.5 Å². The number of aromatic nitrogens is 3. The Morgan fingerprint density at radius 3 is 2.53 bits per heavy atom. The van der Waals surface area contributed by atoms with E-state index in [0.29, 0.717) is 0 Å². The Hall–Kier alpha value is -2.42. The van der Waals surface area contributed by atoms with Crippen LogP contribution in [0.3, 0.4) is 0 Å². The average molecular weight is 597 g/mol. The summed E-state index contributed by atoms with van der Waals surface area (Å²) in [6.45, 7) is 9.60. The maximum absolute atomic E-state index is 5.17. The molecule has 2 heterocycles. The third-order valence-electron chi connectivity index (χ3n) is 8.78. The molecule has 2 aliphatic rings. The standard InChI is InChI=1S/C28H26N3.Ir/c1-26(2)27(3)13-14-28(26,4)24-22(27)17-30-25(31-24)20-10-7-9-19(16-20)23-21-11-6-5-8-18(21)12-15-29-23;/h5-8,10-12,15-17H,13-14H2,1-4H3;/q-1;. The molecule has 2 aromatic heterocycles. The van der Waals surface area contributed by atoms with Gasteiger partial charge in [-0.3, -0.25) is 0 Å². The van der Waals surface area contributed by atoms with E-state index >= 15 is 0 Å². The van der Waals surface area contributed by atoms with E-state index in [9.17, 15) is 0 Å². The first-order valence-corrected chi connectivity index (χ1v) is 11.1. The van der Waals surface area contributed by atoms with Gasteiger partial charge in [0.2, 0.25) is 0 Å². The molecule has 6 rings (SSSR count). The predicted octanol–water partition coefficient (Wildman–Crippen LogP) is 6.51. The van der Waals surface area contributed by atoms with Gasteiger partial charge in [0.25, 0.3) is 0 Å². The number of hydrogen-bond donors (Lipinski definition) is 0. The molecule has 4 heteroatoms. The van der Waals surface area contributed by atoms with Crippen molar-refractivity contribution < 1.29 is 20.1 Å². The predicted molar refractivity (Wildman–Crippen MR) is 125 cm³/mol. The molecule has 0 spiro atoms. The van der Waals surface area contributed by atoms with Crippen LogP contribution in [-0.4, -0.2) is 15.0 Å². The fraction of sp³-hybridized carbons (Fsp3) is 0.321. The maximum atomic E-state index is 5.17. The Morgan fingerprint density at radius 1 is 0.906 bits per heavy atom. The Morgan fingerprint density at radius 2 is 1.69 bits per heavy atom. The van der Waals surface area contributed by atoms with E-state index in [1.165, 1.54) is 29.5 Å². The van der Waals surface area contributed by atoms with Crippen LogP contribution in [-0.2, 0) is 30.9 Å². The van der Waals surface area contributed by atoms with Gasteiger partial charge in [0.05, 0.1) is 5.69 Å². The van der Waals surface area contributed by atoms with Crippen LogP contribution in [0.1, 0.15) is 51.8 Å². The van der Waals surface area contributed by atoms with E-state index in [0.717, 1.165) is 28.0 Å². The van der Waals surface area contributed by atoms with Crippen LogP contribution in [0, 0.1) is 11.5 Å². The van der Waals surface area contributed by atoms with Crippen molar-refractivity contribution >= 4 is 10.8 Å². The Kier molecular flexibility index (Phi) is 4.71. The monoisotopic (exact) mass is 597 g/mol. The molecule has 0 aliphatic heterocycles. The minimum absolute atomic E-state index is 0. The van der Waals surface area contributed by atoms with E-state index < -0.39 is 0 Å². The summed E-state index contributed by atoms with van der Waals surface area (Å²) in [5, 5.41) is 2.31. The maximum Gasteiger partial charge on any atom is 0.141 e. The summed E-state index contributed by atoms with van der Waals surface area (Å²) < 4.78 is 0. The molecule has 3 nitrogen and oxygen atoms in total. The van der Waals surface area contributed by atoms with Crippen LogP contribution in [0.25, 0.3) is 33.4 Å². The fourth-order valence-electron chi connectivity index (χ4n) is 6.04. The fourth-order valence-corrected chi connectivity index (χ4v) is 6.04. The smallest absolute Gasteiger partial charge is 0.141 e. The van der Waals surface area contributed by atoms with Crippen molar-refractivity contribution in [1.82, 2.24) is 15.0 Å². The largest absolute Gasteiger partial charge is 0.304 e. The topological polar surface area (TPSA) is 38.7 Å². The molecule has 2 atom stereocenters. The molecule has 163 valence electrons. The summed E-state index contributed by atoms with van der Waals surface area (Å²) >= 11 is 0. The Balaban J connectivity index is 0.00000216. The number of benzene rings is 2. The van der Waals surface area contributed by atoms with E-state index in [1.807, 2.05) is 18.3 Å². The van der Waals surface area contributed by atoms with E-state index in [-0.39, 0.29) is 36.4 Å². The quantitative estimate of drug-likeness (QED) is 0.248. The van der Waals surface area contributed by atoms with Crippen LogP contribution >= 0.6 is 0 Å². The van der Waals surface area contributed by atoms with Gasteiger partial charge in [-0.25, -0.2) is 9.97 Å². The van der Waals surface area contributed by atoms with E-state index in [2.05, 4.69) is 81.3 Å². The first-order chi connectivity index (χ1) is 14.9. The third-order valence-corrected chi connectivity index (χ3v) is 8.78. The second-order valence-corrected chi connectivity index (χ2v) is 10.1. The summed E-state index contributed by atoms with van der Waals surface area (Å²) in [5.41, 5.74) is 5.94. The second kappa shape index (κ2) is 7.04. The number of nitrogens with zero attached hydrogens (tertiary/aromatic N) is 3. The van der Waals surface area contributed by atoms with Crippen LogP contribution < -0.4 is 0 Å². The molecular weight excluding hydrogens is 571 g/mol. The van der Waals surface area contributed by atoms with Gasteiger partial charge < -0.3 is 4.98 Å². The van der Waals surface area contributed by atoms with Gasteiger partial charge in [0.1, 0.15) is 5.82 Å². The van der Waals surface area contributed by atoms with Crippen molar-refractivity contribution in [3.63, 3.8) is 0 Å². The van der Waals surface area contributed by atoms with E-state index in [4.69, 9.17) is 9.97 Å². The molecule has 0 amide bonds. The number of pyridine rings is 1. The minimum Gasteiger partial charge on any atom is -0.304 e. The molecule has 2 unspecified atom stereocenters. The molecule has 32 heavy (non-hydrogen) atoms. The van der Waals surface area contributed by atoms with Crippen molar-refractivity contribution in [1.29, 1.82) is 0 Å². The summed E-state index contributed by atoms with van der Waals surface area (Å²) in [5.74, 6) is 0.794. The summed E-state index contributed by atoms with van der Waals surface area (Å²) in [7, 11) is 0. The van der Waals surface area contributed by atoms with E-state index in [1.54, 1.807) is 0 Å². The summed E-state index contributed by atoms with van der Waals surface area (Å²) in [4.78, 5) is 14.7. The van der Waals surface area contributed by atoms with Crippen molar-refractivity contribution in [2.75, 3.05) is 0 Å². The molecule has 2 aromatic carbocycles. The molecule has 1 saturated carbocycles. The van der Waals surface area contributed by atoms with Gasteiger partial charge >= 0.3 is 0 Å². The van der Waals surface area contributed by atoms with Gasteiger partial charge in [-0.05, 0) is 46.4 Å². The first-order valence-electron chi connectivity index (χ1n) is 11.1. The summed E-state index contributed by atoms with van der Waals surface area (Å²) in [6, 6.07) is 19.9. The molecule has 2 bridgehead atoms. The second-order valence-electron chi connectivity index (χ2n) is 10.1. The van der Waals surface area contributed by atoms with Crippen LogP contribution in [0.5, 0.6) is 0 Å². The Bertz CT molecular complexity index is 1360. The molecule has 1 radical (unpaired) electrons. The molecule has 1 fully saturated rings. The van der Waals surface area contributed by atoms with Gasteiger partial charge in [-0.2, -0.15) is 0 Å². The van der Waals surface area contributed by atoms with Gasteiger partial charge in [0, 0.05) is 43.3 Å². The zero-order valence-electron chi connectivity index (χ0n) is 18.9.